The van der Waals surface area contributed by atoms with Gasteiger partial charge in [-0.25, -0.2) is 13.2 Å². The van der Waals surface area contributed by atoms with Crippen molar-refractivity contribution in [1.82, 2.24) is 4.31 Å². The van der Waals surface area contributed by atoms with Gasteiger partial charge >= 0.3 is 6.09 Å². The van der Waals surface area contributed by atoms with Gasteiger partial charge in [0.05, 0.1) is 10.9 Å². The van der Waals surface area contributed by atoms with Gasteiger partial charge in [-0.1, -0.05) is 31.5 Å². The number of rotatable bonds is 4. The van der Waals surface area contributed by atoms with Gasteiger partial charge in [-0.3, -0.25) is 0 Å². The van der Waals surface area contributed by atoms with E-state index in [9.17, 15) is 13.2 Å². The normalized spacial score (nSPS) is 18.9. The summed E-state index contributed by atoms with van der Waals surface area (Å²) in [5.41, 5.74) is 2.30. The molecule has 5 nitrogen and oxygen atoms in total. The number of nitrogens with zero attached hydrogens (tertiary/aromatic N) is 1. The Labute approximate surface area is 132 Å². The van der Waals surface area contributed by atoms with E-state index in [1.54, 1.807) is 13.8 Å². The number of cyclic esters (lactones) is 1. The summed E-state index contributed by atoms with van der Waals surface area (Å²) in [4.78, 5) is 12.2. The minimum Gasteiger partial charge on any atom is -0.446 e. The molecule has 0 radical (unpaired) electrons. The highest BCUT2D eigenvalue weighted by atomic mass is 32.2. The molecule has 0 N–H and O–H groups in total. The Morgan fingerprint density at radius 2 is 1.77 bits per heavy atom. The molecule has 1 amide bonds. The van der Waals surface area contributed by atoms with Gasteiger partial charge < -0.3 is 4.74 Å². The van der Waals surface area contributed by atoms with Gasteiger partial charge in [-0.05, 0) is 44.2 Å². The number of carbonyl (C=O) groups excluding carboxylic acids is 1. The zero-order chi connectivity index (χ0) is 16.7. The summed E-state index contributed by atoms with van der Waals surface area (Å²) < 4.78 is 32.0. The molecule has 122 valence electrons. The van der Waals surface area contributed by atoms with E-state index in [1.165, 1.54) is 0 Å². The van der Waals surface area contributed by atoms with Crippen LogP contribution in [0.4, 0.5) is 4.79 Å². The molecule has 22 heavy (non-hydrogen) atoms. The first-order valence-corrected chi connectivity index (χ1v) is 8.87. The molecule has 2 rings (SSSR count). The highest BCUT2D eigenvalue weighted by Crippen LogP contribution is 2.31. The number of hydrogen-bond donors (Lipinski definition) is 0. The van der Waals surface area contributed by atoms with Crippen LogP contribution in [0.25, 0.3) is 0 Å². The second kappa shape index (κ2) is 5.91. The molecule has 0 aromatic heterocycles. The van der Waals surface area contributed by atoms with Crippen molar-refractivity contribution in [3.05, 3.63) is 28.8 Å². The molecule has 1 atom stereocenters. The van der Waals surface area contributed by atoms with Crippen LogP contribution in [0.5, 0.6) is 0 Å². The fraction of sp³-hybridized carbons (Fsp3) is 0.562. The number of carbonyl (C=O) groups is 1. The lowest BCUT2D eigenvalue weighted by Crippen LogP contribution is -2.40. The van der Waals surface area contributed by atoms with Crippen LogP contribution in [0.2, 0.25) is 0 Å². The molecule has 0 bridgehead atoms. The highest BCUT2D eigenvalue weighted by molar-refractivity contribution is 7.89. The summed E-state index contributed by atoms with van der Waals surface area (Å²) >= 11 is 0. The van der Waals surface area contributed by atoms with Crippen molar-refractivity contribution in [1.29, 1.82) is 0 Å². The molecule has 0 aliphatic carbocycles. The first-order valence-electron chi connectivity index (χ1n) is 7.43. The summed E-state index contributed by atoms with van der Waals surface area (Å²) in [6.45, 7) is 9.55. The molecule has 1 aliphatic heterocycles. The van der Waals surface area contributed by atoms with Gasteiger partial charge in [0.15, 0.2) is 0 Å². The molecule has 1 aliphatic rings. The lowest BCUT2D eigenvalue weighted by molar-refractivity contribution is 0.169. The van der Waals surface area contributed by atoms with E-state index >= 15 is 0 Å². The minimum atomic E-state index is -3.90. The van der Waals surface area contributed by atoms with Gasteiger partial charge in [0, 0.05) is 0 Å². The Balaban J connectivity index is 2.51. The van der Waals surface area contributed by atoms with E-state index < -0.39 is 22.2 Å². The predicted molar refractivity (Wildman–Crippen MR) is 84.3 cm³/mol. The Bertz CT molecular complexity index is 671. The Morgan fingerprint density at radius 3 is 2.27 bits per heavy atom. The Kier molecular flexibility index (Phi) is 4.52. The van der Waals surface area contributed by atoms with Crippen LogP contribution < -0.4 is 0 Å². The van der Waals surface area contributed by atoms with Crippen LogP contribution >= 0.6 is 0 Å². The highest BCUT2D eigenvalue weighted by Gasteiger charge is 2.43. The fourth-order valence-corrected chi connectivity index (χ4v) is 5.04. The fourth-order valence-electron chi connectivity index (χ4n) is 3.12. The van der Waals surface area contributed by atoms with E-state index in [4.69, 9.17) is 4.74 Å². The van der Waals surface area contributed by atoms with Crippen LogP contribution in [-0.2, 0) is 14.8 Å². The topological polar surface area (TPSA) is 63.7 Å². The molecular weight excluding hydrogens is 302 g/mol. The zero-order valence-electron chi connectivity index (χ0n) is 13.7. The molecule has 6 heteroatoms. The Morgan fingerprint density at radius 1 is 1.23 bits per heavy atom. The van der Waals surface area contributed by atoms with Gasteiger partial charge in [0.25, 0.3) is 10.0 Å². The maximum atomic E-state index is 13.0. The van der Waals surface area contributed by atoms with Crippen LogP contribution in [-0.4, -0.2) is 31.5 Å². The van der Waals surface area contributed by atoms with Crippen molar-refractivity contribution in [2.24, 2.45) is 5.92 Å². The third-order valence-electron chi connectivity index (χ3n) is 3.78. The quantitative estimate of drug-likeness (QED) is 0.853. The SMILES string of the molecule is Cc1cc(C)c(S(=O)(=O)N2C(=O)OC[C@@H]2CC(C)C)c(C)c1. The number of aryl methyl sites for hydroxylation is 3. The number of benzene rings is 1. The van der Waals surface area contributed by atoms with Crippen LogP contribution in [0.1, 0.15) is 37.0 Å². The largest absolute Gasteiger partial charge is 0.446 e. The summed E-state index contributed by atoms with van der Waals surface area (Å²) in [6, 6.07) is 3.20. The average Bonchev–Trinajstić information content (AvgIpc) is 2.67. The molecule has 0 saturated carbocycles. The smallest absolute Gasteiger partial charge is 0.424 e. The number of sulfonamides is 1. The third kappa shape index (κ3) is 2.97. The van der Waals surface area contributed by atoms with E-state index in [-0.39, 0.29) is 17.4 Å². The Hall–Kier alpha value is -1.56. The van der Waals surface area contributed by atoms with Crippen molar-refractivity contribution >= 4 is 16.1 Å². The van der Waals surface area contributed by atoms with Gasteiger partial charge in [-0.15, -0.1) is 0 Å². The average molecular weight is 325 g/mol. The zero-order valence-corrected chi connectivity index (χ0v) is 14.5. The number of ether oxygens (including phenoxy) is 1. The molecule has 1 saturated heterocycles. The van der Waals surface area contributed by atoms with Crippen LogP contribution in [0, 0.1) is 26.7 Å². The van der Waals surface area contributed by atoms with E-state index in [2.05, 4.69) is 0 Å². The maximum Gasteiger partial charge on any atom is 0.424 e. The minimum absolute atomic E-state index is 0.125. The van der Waals surface area contributed by atoms with Crippen molar-refractivity contribution < 1.29 is 17.9 Å². The lowest BCUT2D eigenvalue weighted by atomic mass is 10.1. The van der Waals surface area contributed by atoms with E-state index in [1.807, 2.05) is 32.9 Å². The molecule has 0 unspecified atom stereocenters. The first-order chi connectivity index (χ1) is 10.1. The van der Waals surface area contributed by atoms with E-state index in [0.29, 0.717) is 17.5 Å². The van der Waals surface area contributed by atoms with E-state index in [0.717, 1.165) is 9.87 Å². The second-order valence-corrected chi connectivity index (χ2v) is 8.14. The van der Waals surface area contributed by atoms with Crippen molar-refractivity contribution in [2.45, 2.75) is 52.0 Å². The molecule has 1 heterocycles. The summed E-state index contributed by atoms with van der Waals surface area (Å²) in [7, 11) is -3.90. The lowest BCUT2D eigenvalue weighted by Gasteiger charge is -2.24. The van der Waals surface area contributed by atoms with Crippen LogP contribution in [0.3, 0.4) is 0 Å². The summed E-state index contributed by atoms with van der Waals surface area (Å²) in [6.07, 6.45) is -0.181. The summed E-state index contributed by atoms with van der Waals surface area (Å²) in [5.74, 6) is 0.275. The van der Waals surface area contributed by atoms with Crippen molar-refractivity contribution in [2.75, 3.05) is 6.61 Å². The van der Waals surface area contributed by atoms with Gasteiger partial charge in [0.1, 0.15) is 6.61 Å². The standard InChI is InChI=1S/C16H23NO4S/c1-10(2)6-14-9-21-16(18)17(14)22(19,20)15-12(4)7-11(3)8-13(15)5/h7-8,10,14H,6,9H2,1-5H3/t14-/m0/s1. The summed E-state index contributed by atoms with van der Waals surface area (Å²) in [5, 5.41) is 0. The molecule has 1 fully saturated rings. The molecular formula is C16H23NO4S. The monoisotopic (exact) mass is 325 g/mol. The molecule has 1 aromatic rings. The first kappa shape index (κ1) is 16.8. The van der Waals surface area contributed by atoms with Crippen LogP contribution in [0.15, 0.2) is 17.0 Å². The number of amides is 1. The third-order valence-corrected chi connectivity index (χ3v) is 5.90. The molecule has 0 spiro atoms. The van der Waals surface area contributed by atoms with Crippen molar-refractivity contribution in [3.63, 3.8) is 0 Å². The van der Waals surface area contributed by atoms with Gasteiger partial charge in [-0.2, -0.15) is 4.31 Å². The predicted octanol–water partition coefficient (Wildman–Crippen LogP) is 3.17. The van der Waals surface area contributed by atoms with Crippen molar-refractivity contribution in [3.8, 4) is 0 Å². The molecule has 1 aromatic carbocycles. The second-order valence-electron chi connectivity index (χ2n) is 6.39. The number of hydrogen-bond acceptors (Lipinski definition) is 4. The van der Waals surface area contributed by atoms with Gasteiger partial charge in [0.2, 0.25) is 0 Å². The maximum absolute atomic E-state index is 13.0.